The number of hydrogen-bond donors (Lipinski definition) is 2. The van der Waals surface area contributed by atoms with Crippen LogP contribution in [0.15, 0.2) is 18.5 Å². The topological polar surface area (TPSA) is 45.2 Å². The van der Waals surface area contributed by atoms with Crippen molar-refractivity contribution < 1.29 is 5.11 Å². The molecule has 3 heteroatoms. The van der Waals surface area contributed by atoms with Gasteiger partial charge in [0.15, 0.2) is 0 Å². The average Bonchev–Trinajstić information content (AvgIpc) is 2.98. The molecule has 0 aliphatic heterocycles. The van der Waals surface area contributed by atoms with Crippen molar-refractivity contribution in [1.82, 2.24) is 4.98 Å². The van der Waals surface area contributed by atoms with Crippen molar-refractivity contribution in [3.8, 4) is 0 Å². The van der Waals surface area contributed by atoms with Crippen LogP contribution in [0.25, 0.3) is 0 Å². The Morgan fingerprint density at radius 3 is 2.93 bits per heavy atom. The predicted octanol–water partition coefficient (Wildman–Crippen LogP) is 1.57. The number of aryl methyl sites for hydroxylation is 1. The zero-order valence-electron chi connectivity index (χ0n) is 8.45. The lowest BCUT2D eigenvalue weighted by Crippen LogP contribution is -2.19. The second-order valence-electron chi connectivity index (χ2n) is 4.20. The molecule has 1 saturated carbocycles. The summed E-state index contributed by atoms with van der Waals surface area (Å²) in [6, 6.07) is 1.97. The normalized spacial score (nSPS) is 17.9. The fourth-order valence-electron chi connectivity index (χ4n) is 1.52. The number of rotatable bonds is 4. The number of nitrogens with one attached hydrogen (secondary N) is 1. The molecule has 3 nitrogen and oxygen atoms in total. The van der Waals surface area contributed by atoms with Crippen LogP contribution >= 0.6 is 0 Å². The van der Waals surface area contributed by atoms with Crippen LogP contribution in [0.5, 0.6) is 0 Å². The molecule has 0 saturated heterocycles. The molecule has 1 aromatic heterocycles. The van der Waals surface area contributed by atoms with Crippen LogP contribution in [0.4, 0.5) is 5.69 Å². The van der Waals surface area contributed by atoms with Gasteiger partial charge in [-0.15, -0.1) is 0 Å². The Balaban J connectivity index is 1.95. The van der Waals surface area contributed by atoms with Crippen LogP contribution < -0.4 is 5.32 Å². The minimum atomic E-state index is 0.162. The Morgan fingerprint density at radius 2 is 2.36 bits per heavy atom. The summed E-state index contributed by atoms with van der Waals surface area (Å²) >= 11 is 0. The zero-order chi connectivity index (χ0) is 10.0. The molecule has 76 valence electrons. The lowest BCUT2D eigenvalue weighted by molar-refractivity contribution is 0.220. The summed E-state index contributed by atoms with van der Waals surface area (Å²) < 4.78 is 0. The molecular formula is C11H16N2O. The molecule has 2 N–H and O–H groups in total. The summed E-state index contributed by atoms with van der Waals surface area (Å²) in [5, 5.41) is 12.5. The van der Waals surface area contributed by atoms with E-state index >= 15 is 0 Å². The van der Waals surface area contributed by atoms with Gasteiger partial charge in [-0.25, -0.2) is 0 Å². The molecule has 0 radical (unpaired) electrons. The van der Waals surface area contributed by atoms with Crippen LogP contribution in [0, 0.1) is 12.3 Å². The van der Waals surface area contributed by atoms with Gasteiger partial charge in [-0.05, 0) is 31.4 Å². The highest BCUT2D eigenvalue weighted by molar-refractivity contribution is 5.48. The molecule has 1 aliphatic carbocycles. The van der Waals surface area contributed by atoms with E-state index in [-0.39, 0.29) is 5.41 Å². The Kier molecular flexibility index (Phi) is 2.42. The molecule has 1 fully saturated rings. The van der Waals surface area contributed by atoms with E-state index < -0.39 is 0 Å². The Hall–Kier alpha value is -1.09. The first kappa shape index (κ1) is 9.46. The molecule has 1 heterocycles. The average molecular weight is 192 g/mol. The van der Waals surface area contributed by atoms with E-state index in [4.69, 9.17) is 5.11 Å². The van der Waals surface area contributed by atoms with Crippen molar-refractivity contribution in [2.24, 2.45) is 5.41 Å². The molecule has 0 spiro atoms. The lowest BCUT2D eigenvalue weighted by Gasteiger charge is -2.14. The highest BCUT2D eigenvalue weighted by Gasteiger charge is 2.41. The molecule has 1 aliphatic rings. The largest absolute Gasteiger partial charge is 0.396 e. The quantitative estimate of drug-likeness (QED) is 0.761. The van der Waals surface area contributed by atoms with E-state index in [0.29, 0.717) is 6.61 Å². The monoisotopic (exact) mass is 192 g/mol. The molecule has 0 bridgehead atoms. The zero-order valence-corrected chi connectivity index (χ0v) is 8.45. The Morgan fingerprint density at radius 1 is 1.57 bits per heavy atom. The highest BCUT2D eigenvalue weighted by Crippen LogP contribution is 2.44. The summed E-state index contributed by atoms with van der Waals surface area (Å²) in [6.45, 7) is 3.20. The molecule has 2 rings (SSSR count). The molecule has 1 aromatic rings. The number of anilines is 1. The Labute approximate surface area is 84.2 Å². The number of aliphatic hydroxyl groups excluding tert-OH is 1. The number of pyridine rings is 1. The predicted molar refractivity (Wildman–Crippen MR) is 56.2 cm³/mol. The first-order valence-electron chi connectivity index (χ1n) is 5.01. The lowest BCUT2D eigenvalue weighted by atomic mass is 10.1. The third-order valence-electron chi connectivity index (χ3n) is 2.97. The van der Waals surface area contributed by atoms with E-state index in [1.165, 1.54) is 0 Å². The van der Waals surface area contributed by atoms with Crippen molar-refractivity contribution in [1.29, 1.82) is 0 Å². The summed E-state index contributed by atoms with van der Waals surface area (Å²) in [5.74, 6) is 0. The van der Waals surface area contributed by atoms with Gasteiger partial charge in [0.05, 0.1) is 6.61 Å². The van der Waals surface area contributed by atoms with Crippen molar-refractivity contribution in [3.63, 3.8) is 0 Å². The van der Waals surface area contributed by atoms with Crippen LogP contribution in [0.3, 0.4) is 0 Å². The maximum Gasteiger partial charge on any atom is 0.0504 e. The number of nitrogens with zero attached hydrogens (tertiary/aromatic N) is 1. The summed E-state index contributed by atoms with van der Waals surface area (Å²) in [7, 11) is 0. The van der Waals surface area contributed by atoms with Gasteiger partial charge in [-0.2, -0.15) is 0 Å². The van der Waals surface area contributed by atoms with E-state index in [0.717, 1.165) is 30.6 Å². The number of hydrogen-bond acceptors (Lipinski definition) is 3. The van der Waals surface area contributed by atoms with Gasteiger partial charge >= 0.3 is 0 Å². The van der Waals surface area contributed by atoms with Gasteiger partial charge in [0, 0.05) is 30.0 Å². The van der Waals surface area contributed by atoms with Crippen molar-refractivity contribution in [3.05, 3.63) is 24.0 Å². The maximum absolute atomic E-state index is 9.15. The minimum absolute atomic E-state index is 0.162. The molecule has 0 atom stereocenters. The molecule has 0 unspecified atom stereocenters. The number of aliphatic hydroxyl groups is 1. The van der Waals surface area contributed by atoms with Gasteiger partial charge < -0.3 is 10.4 Å². The van der Waals surface area contributed by atoms with E-state index in [9.17, 15) is 0 Å². The minimum Gasteiger partial charge on any atom is -0.396 e. The van der Waals surface area contributed by atoms with Gasteiger partial charge in [-0.3, -0.25) is 4.98 Å². The highest BCUT2D eigenvalue weighted by atomic mass is 16.3. The van der Waals surface area contributed by atoms with Crippen LogP contribution in [-0.4, -0.2) is 23.2 Å². The van der Waals surface area contributed by atoms with Gasteiger partial charge in [-0.1, -0.05) is 0 Å². The molecule has 0 amide bonds. The molecular weight excluding hydrogens is 176 g/mol. The van der Waals surface area contributed by atoms with Crippen molar-refractivity contribution in [2.75, 3.05) is 18.5 Å². The molecule has 14 heavy (non-hydrogen) atoms. The summed E-state index contributed by atoms with van der Waals surface area (Å²) in [6.07, 6.45) is 5.91. The van der Waals surface area contributed by atoms with Gasteiger partial charge in [0.25, 0.3) is 0 Å². The number of aromatic nitrogens is 1. The van der Waals surface area contributed by atoms with E-state index in [2.05, 4.69) is 10.3 Å². The summed E-state index contributed by atoms with van der Waals surface area (Å²) in [5.41, 5.74) is 2.44. The van der Waals surface area contributed by atoms with Gasteiger partial charge in [0.1, 0.15) is 0 Å². The third-order valence-corrected chi connectivity index (χ3v) is 2.97. The van der Waals surface area contributed by atoms with Crippen molar-refractivity contribution >= 4 is 5.69 Å². The van der Waals surface area contributed by atoms with Crippen LogP contribution in [-0.2, 0) is 0 Å². The first-order chi connectivity index (χ1) is 6.76. The van der Waals surface area contributed by atoms with E-state index in [1.807, 2.05) is 19.2 Å². The fourth-order valence-corrected chi connectivity index (χ4v) is 1.52. The maximum atomic E-state index is 9.15. The Bertz CT molecular complexity index is 321. The SMILES string of the molecule is Cc1cnccc1NCC1(CO)CC1. The molecule has 0 aromatic carbocycles. The second-order valence-corrected chi connectivity index (χ2v) is 4.20. The standard InChI is InChI=1S/C11H16N2O/c1-9-6-12-5-2-10(9)13-7-11(8-14)3-4-11/h2,5-6,14H,3-4,7-8H2,1H3,(H,12,13). The third kappa shape index (κ3) is 1.87. The van der Waals surface area contributed by atoms with Gasteiger partial charge in [0.2, 0.25) is 0 Å². The van der Waals surface area contributed by atoms with Crippen molar-refractivity contribution in [2.45, 2.75) is 19.8 Å². The van der Waals surface area contributed by atoms with Crippen LogP contribution in [0.2, 0.25) is 0 Å². The van der Waals surface area contributed by atoms with E-state index in [1.54, 1.807) is 6.20 Å². The smallest absolute Gasteiger partial charge is 0.0504 e. The van der Waals surface area contributed by atoms with Crippen LogP contribution in [0.1, 0.15) is 18.4 Å². The first-order valence-corrected chi connectivity index (χ1v) is 5.01. The fraction of sp³-hybridized carbons (Fsp3) is 0.545. The summed E-state index contributed by atoms with van der Waals surface area (Å²) in [4.78, 5) is 4.04. The second kappa shape index (κ2) is 3.58.